The summed E-state index contributed by atoms with van der Waals surface area (Å²) in [7, 11) is 0. The molecule has 0 spiro atoms. The fourth-order valence-corrected chi connectivity index (χ4v) is 3.89. The van der Waals surface area contributed by atoms with Gasteiger partial charge in [-0.1, -0.05) is 122 Å². The van der Waals surface area contributed by atoms with Crippen molar-refractivity contribution in [2.24, 2.45) is 0 Å². The van der Waals surface area contributed by atoms with Crippen molar-refractivity contribution in [3.63, 3.8) is 0 Å². The van der Waals surface area contributed by atoms with Gasteiger partial charge in [0.1, 0.15) is 0 Å². The molecule has 0 aliphatic carbocycles. The smallest absolute Gasteiger partial charge is 1.00 e. The number of hydrogen-bond acceptors (Lipinski definition) is 3. The number of carbonyl (C=O) groups is 2. The monoisotopic (exact) mass is 486 g/mol. The maximum absolute atomic E-state index is 11.8. The predicted molar refractivity (Wildman–Crippen MR) is 143 cm³/mol. The zero-order valence-electron chi connectivity index (χ0n) is 24.1. The van der Waals surface area contributed by atoms with Crippen LogP contribution in [-0.4, -0.2) is 11.9 Å². The molecule has 0 aromatic heterocycles. The van der Waals surface area contributed by atoms with E-state index in [-0.39, 0.29) is 42.9 Å². The topological polar surface area (TPSA) is 43.4 Å². The van der Waals surface area contributed by atoms with E-state index < -0.39 is 0 Å². The average molecular weight is 487 g/mol. The summed E-state index contributed by atoms with van der Waals surface area (Å²) in [5, 5.41) is 0. The van der Waals surface area contributed by atoms with E-state index in [1.54, 1.807) is 0 Å². The van der Waals surface area contributed by atoms with Gasteiger partial charge in [-0.05, 0) is 44.9 Å². The van der Waals surface area contributed by atoms with Gasteiger partial charge >= 0.3 is 41.5 Å². The standard InChI is InChI=1S/C30H54O3.Na.H/c1-3-5-7-9-11-13-14-15-16-17-18-20-22-24-26-28-30(32)33-29(31)27-25-23-21-19-12-10-8-6-4-2;;/h11,13,15-16H,3-10,12,14,17-28H2,1-2H3;;/q;+1;-1/b13-11-,16-15-;;. The summed E-state index contributed by atoms with van der Waals surface area (Å²) < 4.78 is 4.95. The summed E-state index contributed by atoms with van der Waals surface area (Å²) in [5.74, 6) is -0.688. The zero-order valence-corrected chi connectivity index (χ0v) is 25.1. The number of allylic oxidation sites excluding steroid dienone is 4. The van der Waals surface area contributed by atoms with E-state index in [4.69, 9.17) is 4.74 Å². The van der Waals surface area contributed by atoms with Crippen LogP contribution in [0.15, 0.2) is 24.3 Å². The molecule has 0 N–H and O–H groups in total. The van der Waals surface area contributed by atoms with Crippen molar-refractivity contribution in [1.82, 2.24) is 0 Å². The van der Waals surface area contributed by atoms with Crippen molar-refractivity contribution in [2.75, 3.05) is 0 Å². The van der Waals surface area contributed by atoms with Gasteiger partial charge in [0.15, 0.2) is 0 Å². The molecule has 4 heteroatoms. The van der Waals surface area contributed by atoms with Crippen LogP contribution in [0.5, 0.6) is 0 Å². The minimum atomic E-state index is -0.346. The molecule has 0 aromatic carbocycles. The first-order chi connectivity index (χ1) is 16.2. The van der Waals surface area contributed by atoms with Gasteiger partial charge in [0, 0.05) is 12.8 Å². The van der Waals surface area contributed by atoms with Gasteiger partial charge in [0.25, 0.3) is 0 Å². The van der Waals surface area contributed by atoms with E-state index in [2.05, 4.69) is 38.2 Å². The van der Waals surface area contributed by atoms with Crippen LogP contribution in [0.4, 0.5) is 0 Å². The first kappa shape index (κ1) is 35.8. The van der Waals surface area contributed by atoms with Crippen LogP contribution >= 0.6 is 0 Å². The maximum Gasteiger partial charge on any atom is 1.00 e. The van der Waals surface area contributed by atoms with Crippen molar-refractivity contribution in [1.29, 1.82) is 0 Å². The van der Waals surface area contributed by atoms with E-state index in [1.807, 2.05) is 0 Å². The van der Waals surface area contributed by atoms with Crippen LogP contribution in [0.1, 0.15) is 157 Å². The van der Waals surface area contributed by atoms with E-state index in [9.17, 15) is 9.59 Å². The van der Waals surface area contributed by atoms with Crippen LogP contribution in [-0.2, 0) is 14.3 Å². The quantitative estimate of drug-likeness (QED) is 0.0489. The number of unbranched alkanes of at least 4 members (excludes halogenated alkanes) is 16. The summed E-state index contributed by atoms with van der Waals surface area (Å²) in [5.41, 5.74) is 0. The van der Waals surface area contributed by atoms with Crippen LogP contribution in [0.2, 0.25) is 0 Å². The Hall–Kier alpha value is -0.380. The molecule has 0 saturated carbocycles. The maximum atomic E-state index is 11.8. The molecular formula is C30H55NaO3. The fourth-order valence-electron chi connectivity index (χ4n) is 3.89. The second-order valence-corrected chi connectivity index (χ2v) is 9.41. The first-order valence-corrected chi connectivity index (χ1v) is 14.2. The molecular weight excluding hydrogens is 431 g/mol. The third-order valence-electron chi connectivity index (χ3n) is 6.04. The van der Waals surface area contributed by atoms with E-state index >= 15 is 0 Å². The summed E-state index contributed by atoms with van der Waals surface area (Å²) in [6.45, 7) is 4.48. The van der Waals surface area contributed by atoms with Crippen LogP contribution in [0, 0.1) is 0 Å². The fraction of sp³-hybridized carbons (Fsp3) is 0.800. The Morgan fingerprint density at radius 3 is 1.35 bits per heavy atom. The van der Waals surface area contributed by atoms with Gasteiger partial charge in [-0.3, -0.25) is 9.59 Å². The molecule has 0 rings (SSSR count). The normalized spacial score (nSPS) is 11.2. The number of esters is 2. The van der Waals surface area contributed by atoms with E-state index in [0.717, 1.165) is 44.9 Å². The summed E-state index contributed by atoms with van der Waals surface area (Å²) >= 11 is 0. The first-order valence-electron chi connectivity index (χ1n) is 14.2. The van der Waals surface area contributed by atoms with Gasteiger partial charge in [-0.2, -0.15) is 0 Å². The number of carbonyl (C=O) groups excluding carboxylic acids is 2. The van der Waals surface area contributed by atoms with Crippen LogP contribution in [0.3, 0.4) is 0 Å². The van der Waals surface area contributed by atoms with Crippen molar-refractivity contribution in [3.05, 3.63) is 24.3 Å². The summed E-state index contributed by atoms with van der Waals surface area (Å²) in [6.07, 6.45) is 33.5. The minimum absolute atomic E-state index is 0. The van der Waals surface area contributed by atoms with Crippen molar-refractivity contribution in [3.8, 4) is 0 Å². The molecule has 34 heavy (non-hydrogen) atoms. The van der Waals surface area contributed by atoms with Crippen LogP contribution in [0.25, 0.3) is 0 Å². The Morgan fingerprint density at radius 2 is 0.882 bits per heavy atom. The van der Waals surface area contributed by atoms with E-state index in [0.29, 0.717) is 12.8 Å². The molecule has 0 unspecified atom stereocenters. The van der Waals surface area contributed by atoms with Crippen molar-refractivity contribution >= 4 is 11.9 Å². The summed E-state index contributed by atoms with van der Waals surface area (Å²) in [6, 6.07) is 0. The van der Waals surface area contributed by atoms with Gasteiger partial charge in [0.2, 0.25) is 0 Å². The second-order valence-electron chi connectivity index (χ2n) is 9.41. The molecule has 194 valence electrons. The Labute approximate surface area is 235 Å². The van der Waals surface area contributed by atoms with Crippen molar-refractivity contribution in [2.45, 2.75) is 155 Å². The Balaban J connectivity index is -0.00000512. The Kier molecular flexibility index (Phi) is 32.3. The van der Waals surface area contributed by atoms with Gasteiger partial charge in [-0.25, -0.2) is 0 Å². The number of ether oxygens (including phenoxy) is 1. The van der Waals surface area contributed by atoms with E-state index in [1.165, 1.54) is 83.5 Å². The second kappa shape index (κ2) is 30.7. The average Bonchev–Trinajstić information content (AvgIpc) is 2.80. The molecule has 0 saturated heterocycles. The molecule has 0 aromatic rings. The van der Waals surface area contributed by atoms with Crippen LogP contribution < -0.4 is 29.6 Å². The molecule has 0 aliphatic heterocycles. The third kappa shape index (κ3) is 29.7. The molecule has 0 heterocycles. The Bertz CT molecular complexity index is 506. The predicted octanol–water partition coefficient (Wildman–Crippen LogP) is 6.91. The molecule has 0 bridgehead atoms. The van der Waals surface area contributed by atoms with Gasteiger partial charge < -0.3 is 6.16 Å². The third-order valence-corrected chi connectivity index (χ3v) is 6.04. The molecule has 0 fully saturated rings. The largest absolute Gasteiger partial charge is 1.00 e. The molecule has 0 amide bonds. The minimum Gasteiger partial charge on any atom is -1.00 e. The molecule has 0 atom stereocenters. The zero-order chi connectivity index (χ0) is 24.2. The number of hydrogen-bond donors (Lipinski definition) is 0. The SMILES string of the molecule is CCCCC/C=C\C/C=C\CCCCCCCC(=O)OC(=O)CCCCCCCCCCC.[H-].[Na+]. The molecule has 0 radical (unpaired) electrons. The Morgan fingerprint density at radius 1 is 0.529 bits per heavy atom. The summed E-state index contributed by atoms with van der Waals surface area (Å²) in [4.78, 5) is 23.6. The van der Waals surface area contributed by atoms with Crippen molar-refractivity contribution < 1.29 is 45.3 Å². The number of rotatable bonds is 24. The van der Waals surface area contributed by atoms with Gasteiger partial charge in [-0.15, -0.1) is 0 Å². The molecule has 0 aliphatic rings. The molecule has 3 nitrogen and oxygen atoms in total. The van der Waals surface area contributed by atoms with Gasteiger partial charge in [0.05, 0.1) is 0 Å².